The van der Waals surface area contributed by atoms with Crippen molar-refractivity contribution in [1.29, 1.82) is 0 Å². The van der Waals surface area contributed by atoms with Crippen molar-refractivity contribution in [3.05, 3.63) is 76.7 Å². The van der Waals surface area contributed by atoms with Crippen molar-refractivity contribution in [2.75, 3.05) is 5.32 Å². The van der Waals surface area contributed by atoms with Gasteiger partial charge in [0.05, 0.1) is 12.0 Å². The van der Waals surface area contributed by atoms with E-state index in [0.717, 1.165) is 4.88 Å². The van der Waals surface area contributed by atoms with Gasteiger partial charge >= 0.3 is 0 Å². The lowest BCUT2D eigenvalue weighted by Gasteiger charge is -2.05. The van der Waals surface area contributed by atoms with Gasteiger partial charge in [-0.15, -0.1) is 11.3 Å². The summed E-state index contributed by atoms with van der Waals surface area (Å²) in [6.45, 7) is 0. The Hall–Kier alpha value is -3.32. The van der Waals surface area contributed by atoms with Gasteiger partial charge in [-0.2, -0.15) is 4.98 Å². The second-order valence-corrected chi connectivity index (χ2v) is 6.82. The van der Waals surface area contributed by atoms with Crippen LogP contribution in [0.4, 0.5) is 10.1 Å². The van der Waals surface area contributed by atoms with Gasteiger partial charge in [0.1, 0.15) is 5.82 Å². The number of anilines is 1. The average Bonchev–Trinajstić information content (AvgIpc) is 3.34. The highest BCUT2D eigenvalue weighted by molar-refractivity contribution is 7.10. The molecule has 5 nitrogen and oxygen atoms in total. The van der Waals surface area contributed by atoms with Crippen molar-refractivity contribution in [2.24, 2.45) is 0 Å². The molecule has 0 saturated carbocycles. The van der Waals surface area contributed by atoms with Crippen LogP contribution in [0.5, 0.6) is 0 Å². The highest BCUT2D eigenvalue weighted by Crippen LogP contribution is 2.25. The molecular weight excluding hydrogens is 365 g/mol. The number of thiophene rings is 1. The Bertz CT molecular complexity index is 1080. The van der Waals surface area contributed by atoms with Gasteiger partial charge in [0.2, 0.25) is 11.7 Å². The van der Waals surface area contributed by atoms with Gasteiger partial charge in [-0.1, -0.05) is 35.5 Å². The molecule has 134 valence electrons. The van der Waals surface area contributed by atoms with Crippen molar-refractivity contribution < 1.29 is 13.7 Å². The molecule has 0 radical (unpaired) electrons. The normalized spacial score (nSPS) is 10.7. The molecule has 4 rings (SSSR count). The van der Waals surface area contributed by atoms with Gasteiger partial charge in [0.15, 0.2) is 0 Å². The summed E-state index contributed by atoms with van der Waals surface area (Å²) in [5, 5.41) is 8.72. The standard InChI is InChI=1S/C20H14FN3O2S/c21-17-9-2-1-8-16(17)20-23-19(24-26-20)13-5-3-6-14(11-13)22-18(25)12-15-7-4-10-27-15/h1-11H,12H2,(H,22,25). The Kier molecular flexibility index (Phi) is 4.76. The van der Waals surface area contributed by atoms with Crippen LogP contribution in [0.3, 0.4) is 0 Å². The summed E-state index contributed by atoms with van der Waals surface area (Å²) >= 11 is 1.54. The third-order valence-electron chi connectivity index (χ3n) is 3.85. The third kappa shape index (κ3) is 3.93. The largest absolute Gasteiger partial charge is 0.334 e. The maximum Gasteiger partial charge on any atom is 0.261 e. The van der Waals surface area contributed by atoms with Crippen LogP contribution in [-0.2, 0) is 11.2 Å². The molecule has 2 aromatic heterocycles. The van der Waals surface area contributed by atoms with E-state index in [1.54, 1.807) is 42.5 Å². The van der Waals surface area contributed by atoms with Crippen LogP contribution in [0.15, 0.2) is 70.6 Å². The molecule has 0 atom stereocenters. The second kappa shape index (κ2) is 7.51. The molecule has 0 spiro atoms. The number of rotatable bonds is 5. The van der Waals surface area contributed by atoms with Gasteiger partial charge in [-0.05, 0) is 35.7 Å². The highest BCUT2D eigenvalue weighted by atomic mass is 32.1. The van der Waals surface area contributed by atoms with Crippen molar-refractivity contribution in [2.45, 2.75) is 6.42 Å². The topological polar surface area (TPSA) is 68.0 Å². The van der Waals surface area contributed by atoms with E-state index in [9.17, 15) is 9.18 Å². The van der Waals surface area contributed by atoms with E-state index in [4.69, 9.17) is 4.52 Å². The first-order valence-electron chi connectivity index (χ1n) is 8.20. The molecule has 0 unspecified atom stereocenters. The van der Waals surface area contributed by atoms with Crippen LogP contribution >= 0.6 is 11.3 Å². The molecule has 2 aromatic carbocycles. The summed E-state index contributed by atoms with van der Waals surface area (Å²) in [4.78, 5) is 17.4. The third-order valence-corrected chi connectivity index (χ3v) is 4.73. The Morgan fingerprint density at radius 2 is 2.00 bits per heavy atom. The Balaban J connectivity index is 1.53. The molecule has 1 N–H and O–H groups in total. The van der Waals surface area contributed by atoms with E-state index in [0.29, 0.717) is 23.5 Å². The number of nitrogens with one attached hydrogen (secondary N) is 1. The van der Waals surface area contributed by atoms with Crippen LogP contribution < -0.4 is 5.32 Å². The van der Waals surface area contributed by atoms with Crippen molar-refractivity contribution in [3.63, 3.8) is 0 Å². The minimum Gasteiger partial charge on any atom is -0.334 e. The van der Waals surface area contributed by atoms with Crippen LogP contribution in [0.2, 0.25) is 0 Å². The number of aromatic nitrogens is 2. The average molecular weight is 379 g/mol. The molecule has 2 heterocycles. The number of nitrogens with zero attached hydrogens (tertiary/aromatic N) is 2. The van der Waals surface area contributed by atoms with Gasteiger partial charge in [-0.25, -0.2) is 4.39 Å². The van der Waals surface area contributed by atoms with Gasteiger partial charge in [-0.3, -0.25) is 4.79 Å². The molecule has 0 fully saturated rings. The molecule has 4 aromatic rings. The Labute approximate surface area is 158 Å². The summed E-state index contributed by atoms with van der Waals surface area (Å²) in [5.41, 5.74) is 1.54. The molecule has 27 heavy (non-hydrogen) atoms. The zero-order valence-electron chi connectivity index (χ0n) is 14.1. The van der Waals surface area contributed by atoms with E-state index in [-0.39, 0.29) is 17.4 Å². The lowest BCUT2D eigenvalue weighted by atomic mass is 10.2. The number of hydrogen-bond donors (Lipinski definition) is 1. The monoisotopic (exact) mass is 379 g/mol. The molecule has 7 heteroatoms. The van der Waals surface area contributed by atoms with Gasteiger partial charge in [0, 0.05) is 16.1 Å². The second-order valence-electron chi connectivity index (χ2n) is 5.79. The van der Waals surface area contributed by atoms with Crippen molar-refractivity contribution in [3.8, 4) is 22.8 Å². The molecule has 0 aliphatic heterocycles. The summed E-state index contributed by atoms with van der Waals surface area (Å²) in [5.74, 6) is -0.102. The minimum absolute atomic E-state index is 0.102. The molecule has 0 bridgehead atoms. The van der Waals surface area contributed by atoms with E-state index in [1.165, 1.54) is 17.4 Å². The summed E-state index contributed by atoms with van der Waals surface area (Å²) in [6, 6.07) is 17.2. The molecular formula is C20H14FN3O2S. The number of benzene rings is 2. The lowest BCUT2D eigenvalue weighted by Crippen LogP contribution is -2.13. The number of hydrogen-bond acceptors (Lipinski definition) is 5. The molecule has 0 aliphatic rings. The first-order valence-corrected chi connectivity index (χ1v) is 9.08. The van der Waals surface area contributed by atoms with E-state index in [2.05, 4.69) is 15.5 Å². The van der Waals surface area contributed by atoms with Crippen LogP contribution in [0.25, 0.3) is 22.8 Å². The van der Waals surface area contributed by atoms with Crippen LogP contribution in [-0.4, -0.2) is 16.0 Å². The molecule has 0 aliphatic carbocycles. The molecule has 0 saturated heterocycles. The fraction of sp³-hybridized carbons (Fsp3) is 0.0500. The molecule has 1 amide bonds. The van der Waals surface area contributed by atoms with Gasteiger partial charge in [0.25, 0.3) is 5.89 Å². The first kappa shape index (κ1) is 17.1. The zero-order valence-corrected chi connectivity index (χ0v) is 14.9. The smallest absolute Gasteiger partial charge is 0.261 e. The Morgan fingerprint density at radius 3 is 2.81 bits per heavy atom. The van der Waals surface area contributed by atoms with E-state index >= 15 is 0 Å². The predicted molar refractivity (Wildman–Crippen MR) is 102 cm³/mol. The maximum absolute atomic E-state index is 13.9. The van der Waals surface area contributed by atoms with Gasteiger partial charge < -0.3 is 9.84 Å². The van der Waals surface area contributed by atoms with Crippen molar-refractivity contribution in [1.82, 2.24) is 10.1 Å². The van der Waals surface area contributed by atoms with E-state index < -0.39 is 5.82 Å². The van der Waals surface area contributed by atoms with Crippen molar-refractivity contribution >= 4 is 22.9 Å². The number of carbonyl (C=O) groups excluding carboxylic acids is 1. The lowest BCUT2D eigenvalue weighted by molar-refractivity contribution is -0.115. The quantitative estimate of drug-likeness (QED) is 0.542. The SMILES string of the molecule is O=C(Cc1cccs1)Nc1cccc(-c2noc(-c3ccccc3F)n2)c1. The maximum atomic E-state index is 13.9. The first-order chi connectivity index (χ1) is 13.2. The minimum atomic E-state index is -0.428. The van der Waals surface area contributed by atoms with E-state index in [1.807, 2.05) is 17.5 Å². The fourth-order valence-electron chi connectivity index (χ4n) is 2.60. The number of halogens is 1. The Morgan fingerprint density at radius 1 is 1.11 bits per heavy atom. The predicted octanol–water partition coefficient (Wildman–Crippen LogP) is 4.79. The fourth-order valence-corrected chi connectivity index (χ4v) is 3.30. The van der Waals surface area contributed by atoms with Crippen LogP contribution in [0, 0.1) is 5.82 Å². The summed E-state index contributed by atoms with van der Waals surface area (Å²) in [6.07, 6.45) is 0.321. The summed E-state index contributed by atoms with van der Waals surface area (Å²) in [7, 11) is 0. The summed E-state index contributed by atoms with van der Waals surface area (Å²) < 4.78 is 19.1. The number of carbonyl (C=O) groups is 1. The zero-order chi connectivity index (χ0) is 18.6. The van der Waals surface area contributed by atoms with Crippen LogP contribution in [0.1, 0.15) is 4.88 Å². The number of amides is 1. The highest BCUT2D eigenvalue weighted by Gasteiger charge is 2.14.